The van der Waals surface area contributed by atoms with Crippen LogP contribution in [0, 0.1) is 12.7 Å². The number of anilines is 3. The Morgan fingerprint density at radius 2 is 1.88 bits per heavy atom. The lowest BCUT2D eigenvalue weighted by molar-refractivity contribution is 0.632. The molecule has 0 radical (unpaired) electrons. The molecule has 0 aliphatic carbocycles. The molecule has 4 heteroatoms. The Kier molecular flexibility index (Phi) is 3.20. The van der Waals surface area contributed by atoms with Gasteiger partial charge in [-0.1, -0.05) is 23.7 Å². The van der Waals surface area contributed by atoms with Crippen molar-refractivity contribution in [3.8, 4) is 0 Å². The van der Waals surface area contributed by atoms with E-state index in [1.807, 2.05) is 6.92 Å². The van der Waals surface area contributed by atoms with Gasteiger partial charge in [-0.3, -0.25) is 0 Å². The topological polar surface area (TPSA) is 38.0 Å². The maximum Gasteiger partial charge on any atom is 0.146 e. The zero-order valence-corrected chi connectivity index (χ0v) is 10.1. The third-order valence-electron chi connectivity index (χ3n) is 2.47. The number of nitrogen functional groups attached to an aromatic ring is 1. The summed E-state index contributed by atoms with van der Waals surface area (Å²) in [6.45, 7) is 1.87. The summed E-state index contributed by atoms with van der Waals surface area (Å²) in [5.74, 6) is -0.320. The lowest BCUT2D eigenvalue weighted by atomic mass is 10.2. The van der Waals surface area contributed by atoms with Crippen molar-refractivity contribution in [3.63, 3.8) is 0 Å². The third-order valence-corrected chi connectivity index (χ3v) is 2.88. The first-order chi connectivity index (χ1) is 8.08. The van der Waals surface area contributed by atoms with Crippen LogP contribution in [0.25, 0.3) is 0 Å². The van der Waals surface area contributed by atoms with E-state index in [-0.39, 0.29) is 5.82 Å². The van der Waals surface area contributed by atoms with Crippen LogP contribution in [0.1, 0.15) is 5.56 Å². The molecule has 0 saturated carbocycles. The summed E-state index contributed by atoms with van der Waals surface area (Å²) in [7, 11) is 0. The van der Waals surface area contributed by atoms with Gasteiger partial charge in [-0.15, -0.1) is 0 Å². The number of aryl methyl sites for hydroxylation is 1. The second kappa shape index (κ2) is 4.63. The molecule has 0 aliphatic heterocycles. The van der Waals surface area contributed by atoms with Gasteiger partial charge < -0.3 is 11.1 Å². The first-order valence-corrected chi connectivity index (χ1v) is 5.53. The second-order valence-corrected chi connectivity index (χ2v) is 4.20. The summed E-state index contributed by atoms with van der Waals surface area (Å²) in [6.07, 6.45) is 0. The van der Waals surface area contributed by atoms with Crippen LogP contribution in [-0.2, 0) is 0 Å². The van der Waals surface area contributed by atoms with Gasteiger partial charge in [-0.2, -0.15) is 0 Å². The highest BCUT2D eigenvalue weighted by Gasteiger charge is 2.06. The largest absolute Gasteiger partial charge is 0.397 e. The van der Waals surface area contributed by atoms with E-state index < -0.39 is 0 Å². The van der Waals surface area contributed by atoms with Gasteiger partial charge in [-0.25, -0.2) is 4.39 Å². The van der Waals surface area contributed by atoms with Crippen molar-refractivity contribution in [2.45, 2.75) is 6.92 Å². The Bertz CT molecular complexity index is 555. The minimum atomic E-state index is -0.320. The van der Waals surface area contributed by atoms with Gasteiger partial charge in [0.05, 0.1) is 17.1 Å². The highest BCUT2D eigenvalue weighted by atomic mass is 35.5. The monoisotopic (exact) mass is 250 g/mol. The van der Waals surface area contributed by atoms with E-state index in [4.69, 9.17) is 17.3 Å². The van der Waals surface area contributed by atoms with E-state index in [1.165, 1.54) is 6.07 Å². The quantitative estimate of drug-likeness (QED) is 0.787. The molecule has 0 spiro atoms. The molecular weight excluding hydrogens is 239 g/mol. The number of halogens is 2. The van der Waals surface area contributed by atoms with Gasteiger partial charge in [0.1, 0.15) is 5.82 Å². The molecule has 17 heavy (non-hydrogen) atoms. The minimum Gasteiger partial charge on any atom is -0.397 e. The molecule has 0 fully saturated rings. The Hall–Kier alpha value is -1.74. The molecule has 0 aromatic heterocycles. The molecule has 0 heterocycles. The minimum absolute atomic E-state index is 0.320. The van der Waals surface area contributed by atoms with Crippen LogP contribution >= 0.6 is 11.6 Å². The SMILES string of the molecule is Cc1cc(Nc2ccccc2F)c(N)cc1Cl. The Morgan fingerprint density at radius 3 is 2.59 bits per heavy atom. The number of hydrogen-bond donors (Lipinski definition) is 2. The fraction of sp³-hybridized carbons (Fsp3) is 0.0769. The summed E-state index contributed by atoms with van der Waals surface area (Å²) in [4.78, 5) is 0. The molecule has 0 bridgehead atoms. The molecule has 0 saturated heterocycles. The predicted molar refractivity (Wildman–Crippen MR) is 70.3 cm³/mol. The highest BCUT2D eigenvalue weighted by molar-refractivity contribution is 6.31. The lowest BCUT2D eigenvalue weighted by Crippen LogP contribution is -1.99. The summed E-state index contributed by atoms with van der Waals surface area (Å²) < 4.78 is 13.5. The van der Waals surface area contributed by atoms with Gasteiger partial charge in [0, 0.05) is 5.02 Å². The summed E-state index contributed by atoms with van der Waals surface area (Å²) in [6, 6.07) is 9.88. The van der Waals surface area contributed by atoms with E-state index in [2.05, 4.69) is 5.32 Å². The fourth-order valence-electron chi connectivity index (χ4n) is 1.51. The molecule has 2 aromatic rings. The van der Waals surface area contributed by atoms with Gasteiger partial charge >= 0.3 is 0 Å². The standard InChI is InChI=1S/C13H12ClFN2/c1-8-6-13(11(16)7-9(8)14)17-12-5-3-2-4-10(12)15/h2-7,17H,16H2,1H3. The van der Waals surface area contributed by atoms with Crippen LogP contribution in [0.5, 0.6) is 0 Å². The highest BCUT2D eigenvalue weighted by Crippen LogP contribution is 2.29. The van der Waals surface area contributed by atoms with Crippen molar-refractivity contribution in [1.82, 2.24) is 0 Å². The van der Waals surface area contributed by atoms with Gasteiger partial charge in [0.2, 0.25) is 0 Å². The number of nitrogens with one attached hydrogen (secondary N) is 1. The number of rotatable bonds is 2. The molecule has 0 unspecified atom stereocenters. The van der Waals surface area contributed by atoms with Crippen molar-refractivity contribution in [3.05, 3.63) is 52.8 Å². The molecule has 3 N–H and O–H groups in total. The third kappa shape index (κ3) is 2.50. The Balaban J connectivity index is 2.37. The molecule has 2 nitrogen and oxygen atoms in total. The Labute approximate surface area is 104 Å². The van der Waals surface area contributed by atoms with E-state index >= 15 is 0 Å². The van der Waals surface area contributed by atoms with Crippen molar-refractivity contribution in [1.29, 1.82) is 0 Å². The zero-order chi connectivity index (χ0) is 12.4. The smallest absolute Gasteiger partial charge is 0.146 e. The average Bonchev–Trinajstić information content (AvgIpc) is 2.29. The number of para-hydroxylation sites is 1. The normalized spacial score (nSPS) is 10.3. The molecule has 88 valence electrons. The first-order valence-electron chi connectivity index (χ1n) is 5.15. The number of nitrogens with two attached hydrogens (primary N) is 1. The predicted octanol–water partition coefficient (Wildman–Crippen LogP) is 4.11. The van der Waals surface area contributed by atoms with E-state index in [1.54, 1.807) is 30.3 Å². The molecule has 0 aliphatic rings. The first kappa shape index (κ1) is 11.7. The average molecular weight is 251 g/mol. The molecule has 0 atom stereocenters. The maximum atomic E-state index is 13.5. The molecule has 2 rings (SSSR count). The molecule has 2 aromatic carbocycles. The van der Waals surface area contributed by atoms with Gasteiger partial charge in [0.15, 0.2) is 0 Å². The van der Waals surface area contributed by atoms with Gasteiger partial charge in [-0.05, 0) is 36.8 Å². The van der Waals surface area contributed by atoms with Crippen LogP contribution in [0.3, 0.4) is 0 Å². The van der Waals surface area contributed by atoms with Gasteiger partial charge in [0.25, 0.3) is 0 Å². The Morgan fingerprint density at radius 1 is 1.18 bits per heavy atom. The van der Waals surface area contributed by atoms with Crippen molar-refractivity contribution < 1.29 is 4.39 Å². The zero-order valence-electron chi connectivity index (χ0n) is 9.30. The molecular formula is C13H12ClFN2. The van der Waals surface area contributed by atoms with Crippen molar-refractivity contribution >= 4 is 28.7 Å². The van der Waals surface area contributed by atoms with Crippen LogP contribution in [0.4, 0.5) is 21.5 Å². The summed E-state index contributed by atoms with van der Waals surface area (Å²) in [5.41, 5.74) is 8.24. The fourth-order valence-corrected chi connectivity index (χ4v) is 1.68. The van der Waals surface area contributed by atoms with E-state index in [0.29, 0.717) is 22.1 Å². The number of hydrogen-bond acceptors (Lipinski definition) is 2. The summed E-state index contributed by atoms with van der Waals surface area (Å²) in [5, 5.41) is 3.55. The van der Waals surface area contributed by atoms with Crippen molar-refractivity contribution in [2.24, 2.45) is 0 Å². The van der Waals surface area contributed by atoms with Crippen LogP contribution in [0.15, 0.2) is 36.4 Å². The second-order valence-electron chi connectivity index (χ2n) is 3.79. The number of benzene rings is 2. The van der Waals surface area contributed by atoms with Crippen molar-refractivity contribution in [2.75, 3.05) is 11.1 Å². The van der Waals surface area contributed by atoms with E-state index in [0.717, 1.165) is 5.56 Å². The van der Waals surface area contributed by atoms with Crippen LogP contribution in [0.2, 0.25) is 5.02 Å². The van der Waals surface area contributed by atoms with Crippen LogP contribution < -0.4 is 11.1 Å². The van der Waals surface area contributed by atoms with E-state index in [9.17, 15) is 4.39 Å². The lowest BCUT2D eigenvalue weighted by Gasteiger charge is -2.11. The summed E-state index contributed by atoms with van der Waals surface area (Å²) >= 11 is 5.94. The maximum absolute atomic E-state index is 13.5. The van der Waals surface area contributed by atoms with Crippen LogP contribution in [-0.4, -0.2) is 0 Å². The molecule has 0 amide bonds.